The summed E-state index contributed by atoms with van der Waals surface area (Å²) in [7, 11) is 0. The van der Waals surface area contributed by atoms with E-state index in [9.17, 15) is 4.79 Å². The average molecular weight is 489 g/mol. The minimum atomic E-state index is 0.0911. The first-order chi connectivity index (χ1) is 15.7. The van der Waals surface area contributed by atoms with E-state index in [2.05, 4.69) is 67.9 Å². The summed E-state index contributed by atoms with van der Waals surface area (Å²) in [6.45, 7) is 4.70. The number of nitrogens with zero attached hydrogens (tertiary/aromatic N) is 4. The lowest BCUT2D eigenvalue weighted by molar-refractivity contribution is 0.0623. The summed E-state index contributed by atoms with van der Waals surface area (Å²) >= 11 is 3.50. The van der Waals surface area contributed by atoms with Gasteiger partial charge in [0.1, 0.15) is 5.82 Å². The summed E-state index contributed by atoms with van der Waals surface area (Å²) in [6.07, 6.45) is 0. The van der Waals surface area contributed by atoms with Gasteiger partial charge in [-0.15, -0.1) is 0 Å². The zero-order chi connectivity index (χ0) is 21.9. The molecule has 0 atom stereocenters. The minimum Gasteiger partial charge on any atom is -0.336 e. The van der Waals surface area contributed by atoms with Crippen LogP contribution in [0.3, 0.4) is 0 Å². The van der Waals surface area contributed by atoms with Crippen molar-refractivity contribution in [2.45, 2.75) is 13.1 Å². The molecule has 5 rings (SSSR count). The number of amides is 1. The van der Waals surface area contributed by atoms with Gasteiger partial charge in [-0.25, -0.2) is 4.98 Å². The maximum Gasteiger partial charge on any atom is 0.255 e. The van der Waals surface area contributed by atoms with Gasteiger partial charge in [0, 0.05) is 37.2 Å². The van der Waals surface area contributed by atoms with Crippen molar-refractivity contribution in [2.24, 2.45) is 0 Å². The maximum absolute atomic E-state index is 12.9. The molecule has 2 heterocycles. The standard InChI is InChI=1S/C26H25BrN4O/c27-22-11-5-4-10-21(22)26(32)30-16-14-29(15-17-30)19-25-28-23-12-6-7-13-24(23)31(25)18-20-8-2-1-3-9-20/h1-13H,14-19H2. The Labute approximate surface area is 196 Å². The average Bonchev–Trinajstić information content (AvgIpc) is 3.17. The number of hydrogen-bond acceptors (Lipinski definition) is 3. The molecule has 0 aliphatic carbocycles. The van der Waals surface area contributed by atoms with Crippen LogP contribution in [0.15, 0.2) is 83.3 Å². The Hall–Kier alpha value is -2.96. The Morgan fingerprint density at radius 3 is 2.28 bits per heavy atom. The zero-order valence-corrected chi connectivity index (χ0v) is 19.4. The van der Waals surface area contributed by atoms with Gasteiger partial charge in [-0.05, 0) is 45.8 Å². The summed E-state index contributed by atoms with van der Waals surface area (Å²) in [4.78, 5) is 22.2. The van der Waals surface area contributed by atoms with E-state index in [1.54, 1.807) is 0 Å². The molecule has 0 radical (unpaired) electrons. The molecule has 5 nitrogen and oxygen atoms in total. The number of carbonyl (C=O) groups is 1. The summed E-state index contributed by atoms with van der Waals surface area (Å²) < 4.78 is 3.17. The van der Waals surface area contributed by atoms with Crippen molar-refractivity contribution in [2.75, 3.05) is 26.2 Å². The first-order valence-electron chi connectivity index (χ1n) is 10.9. The number of fused-ring (bicyclic) bond motifs is 1. The summed E-state index contributed by atoms with van der Waals surface area (Å²) in [6, 6.07) is 26.5. The lowest BCUT2D eigenvalue weighted by Crippen LogP contribution is -2.48. The van der Waals surface area contributed by atoms with Crippen LogP contribution in [0.4, 0.5) is 0 Å². The molecular weight excluding hydrogens is 464 g/mol. The number of halogens is 1. The highest BCUT2D eigenvalue weighted by Crippen LogP contribution is 2.21. The van der Waals surface area contributed by atoms with Gasteiger partial charge in [0.25, 0.3) is 5.91 Å². The van der Waals surface area contributed by atoms with E-state index in [-0.39, 0.29) is 5.91 Å². The third kappa shape index (κ3) is 4.33. The van der Waals surface area contributed by atoms with Crippen LogP contribution in [-0.4, -0.2) is 51.4 Å². The van der Waals surface area contributed by atoms with Gasteiger partial charge in [0.05, 0.1) is 23.1 Å². The SMILES string of the molecule is O=C(c1ccccc1Br)N1CCN(Cc2nc3ccccc3n2Cc2ccccc2)CC1. The fraction of sp³-hybridized carbons (Fsp3) is 0.231. The molecular formula is C26H25BrN4O. The van der Waals surface area contributed by atoms with Gasteiger partial charge in [-0.2, -0.15) is 0 Å². The molecule has 32 heavy (non-hydrogen) atoms. The highest BCUT2D eigenvalue weighted by atomic mass is 79.9. The molecule has 1 aliphatic heterocycles. The summed E-state index contributed by atoms with van der Waals surface area (Å²) in [5.74, 6) is 1.16. The van der Waals surface area contributed by atoms with E-state index in [0.717, 1.165) is 66.2 Å². The van der Waals surface area contributed by atoms with Gasteiger partial charge in [-0.1, -0.05) is 54.6 Å². The van der Waals surface area contributed by atoms with Gasteiger partial charge in [-0.3, -0.25) is 9.69 Å². The molecule has 4 aromatic rings. The molecule has 0 unspecified atom stereocenters. The van der Waals surface area contributed by atoms with Crippen LogP contribution in [0.5, 0.6) is 0 Å². The molecule has 1 saturated heterocycles. The Morgan fingerprint density at radius 1 is 0.812 bits per heavy atom. The van der Waals surface area contributed by atoms with Gasteiger partial charge >= 0.3 is 0 Å². The largest absolute Gasteiger partial charge is 0.336 e. The van der Waals surface area contributed by atoms with Crippen LogP contribution in [0.1, 0.15) is 21.7 Å². The first kappa shape index (κ1) is 20.9. The predicted molar refractivity (Wildman–Crippen MR) is 131 cm³/mol. The summed E-state index contributed by atoms with van der Waals surface area (Å²) in [5.41, 5.74) is 4.18. The Balaban J connectivity index is 1.31. The Morgan fingerprint density at radius 2 is 1.50 bits per heavy atom. The van der Waals surface area contributed by atoms with Crippen LogP contribution in [0, 0.1) is 0 Å². The van der Waals surface area contributed by atoms with E-state index in [1.165, 1.54) is 5.56 Å². The topological polar surface area (TPSA) is 41.4 Å². The second-order valence-electron chi connectivity index (χ2n) is 8.14. The third-order valence-corrected chi connectivity index (χ3v) is 6.74. The van der Waals surface area contributed by atoms with Gasteiger partial charge in [0.15, 0.2) is 0 Å². The number of hydrogen-bond donors (Lipinski definition) is 0. The normalized spacial score (nSPS) is 14.7. The number of rotatable bonds is 5. The van der Waals surface area contributed by atoms with Crippen molar-refractivity contribution in [1.29, 1.82) is 0 Å². The van der Waals surface area contributed by atoms with E-state index in [4.69, 9.17) is 4.98 Å². The molecule has 0 saturated carbocycles. The Bertz CT molecular complexity index is 1230. The monoisotopic (exact) mass is 488 g/mol. The molecule has 1 aromatic heterocycles. The maximum atomic E-state index is 12.9. The second-order valence-corrected chi connectivity index (χ2v) is 8.99. The molecule has 1 aliphatic rings. The van der Waals surface area contributed by atoms with Gasteiger partial charge in [0.2, 0.25) is 0 Å². The van der Waals surface area contributed by atoms with Crippen LogP contribution >= 0.6 is 15.9 Å². The van der Waals surface area contributed by atoms with Crippen molar-refractivity contribution in [1.82, 2.24) is 19.4 Å². The predicted octanol–water partition coefficient (Wildman–Crippen LogP) is 4.81. The lowest BCUT2D eigenvalue weighted by Gasteiger charge is -2.34. The van der Waals surface area contributed by atoms with Crippen LogP contribution in [-0.2, 0) is 13.1 Å². The van der Waals surface area contributed by atoms with Crippen LogP contribution in [0.2, 0.25) is 0 Å². The molecule has 162 valence electrons. The van der Waals surface area contributed by atoms with E-state index in [1.807, 2.05) is 41.3 Å². The second kappa shape index (κ2) is 9.27. The van der Waals surface area contributed by atoms with Crippen molar-refractivity contribution in [3.63, 3.8) is 0 Å². The number of benzene rings is 3. The van der Waals surface area contributed by atoms with Crippen molar-refractivity contribution in [3.05, 3.63) is 100 Å². The zero-order valence-electron chi connectivity index (χ0n) is 17.8. The highest BCUT2D eigenvalue weighted by Gasteiger charge is 2.24. The highest BCUT2D eigenvalue weighted by molar-refractivity contribution is 9.10. The molecule has 3 aromatic carbocycles. The van der Waals surface area contributed by atoms with Gasteiger partial charge < -0.3 is 9.47 Å². The van der Waals surface area contributed by atoms with Crippen molar-refractivity contribution < 1.29 is 4.79 Å². The molecule has 0 spiro atoms. The van der Waals surface area contributed by atoms with E-state index < -0.39 is 0 Å². The number of piperazine rings is 1. The summed E-state index contributed by atoms with van der Waals surface area (Å²) in [5, 5.41) is 0. The van der Waals surface area contributed by atoms with E-state index in [0.29, 0.717) is 0 Å². The fourth-order valence-electron chi connectivity index (χ4n) is 4.30. The molecule has 0 N–H and O–H groups in total. The van der Waals surface area contributed by atoms with E-state index >= 15 is 0 Å². The van der Waals surface area contributed by atoms with Crippen molar-refractivity contribution >= 4 is 32.9 Å². The number of para-hydroxylation sites is 2. The van der Waals surface area contributed by atoms with Crippen LogP contribution in [0.25, 0.3) is 11.0 Å². The molecule has 1 fully saturated rings. The fourth-order valence-corrected chi connectivity index (χ4v) is 4.76. The Kier molecular flexibility index (Phi) is 6.06. The third-order valence-electron chi connectivity index (χ3n) is 6.05. The quantitative estimate of drug-likeness (QED) is 0.404. The van der Waals surface area contributed by atoms with Crippen LogP contribution < -0.4 is 0 Å². The van der Waals surface area contributed by atoms with Crippen molar-refractivity contribution in [3.8, 4) is 0 Å². The minimum absolute atomic E-state index is 0.0911. The lowest BCUT2D eigenvalue weighted by atomic mass is 10.2. The first-order valence-corrected chi connectivity index (χ1v) is 11.7. The number of carbonyl (C=O) groups excluding carboxylic acids is 1. The molecule has 1 amide bonds. The number of aromatic nitrogens is 2. The molecule has 6 heteroatoms. The molecule has 0 bridgehead atoms. The number of imidazole rings is 1. The smallest absolute Gasteiger partial charge is 0.255 e.